The fourth-order valence-corrected chi connectivity index (χ4v) is 2.69. The van der Waals surface area contributed by atoms with Crippen LogP contribution < -0.4 is 4.90 Å². The Bertz CT molecular complexity index is 302. The van der Waals surface area contributed by atoms with Crippen LogP contribution in [0, 0.1) is 5.92 Å². The molecular formula is C9H14ClN3S. The van der Waals surface area contributed by atoms with Crippen LogP contribution in [0.4, 0.5) is 5.13 Å². The molecule has 0 saturated carbocycles. The summed E-state index contributed by atoms with van der Waals surface area (Å²) >= 11 is 7.34. The van der Waals surface area contributed by atoms with E-state index in [1.54, 1.807) is 0 Å². The molecule has 3 nitrogen and oxygen atoms in total. The zero-order valence-corrected chi connectivity index (χ0v) is 9.81. The van der Waals surface area contributed by atoms with Crippen LogP contribution in [0.1, 0.15) is 19.2 Å². The number of hydrogen-bond acceptors (Lipinski definition) is 4. The molecular weight excluding hydrogens is 218 g/mol. The van der Waals surface area contributed by atoms with Gasteiger partial charge < -0.3 is 4.90 Å². The Morgan fingerprint density at radius 3 is 3.07 bits per heavy atom. The zero-order chi connectivity index (χ0) is 9.97. The summed E-state index contributed by atoms with van der Waals surface area (Å²) in [7, 11) is 0. The Hall–Kier alpha value is -0.350. The van der Waals surface area contributed by atoms with E-state index in [1.807, 2.05) is 0 Å². The van der Waals surface area contributed by atoms with Gasteiger partial charge in [0.05, 0.1) is 0 Å². The highest BCUT2D eigenvalue weighted by Crippen LogP contribution is 2.25. The van der Waals surface area contributed by atoms with Crippen molar-refractivity contribution < 1.29 is 0 Å². The van der Waals surface area contributed by atoms with Crippen LogP contribution in [0.2, 0.25) is 0 Å². The first-order valence-electron chi connectivity index (χ1n) is 4.97. The van der Waals surface area contributed by atoms with Crippen molar-refractivity contribution in [1.82, 2.24) is 9.36 Å². The summed E-state index contributed by atoms with van der Waals surface area (Å²) in [4.78, 5) is 6.77. The van der Waals surface area contributed by atoms with E-state index < -0.39 is 0 Å². The zero-order valence-electron chi connectivity index (χ0n) is 8.24. The first-order valence-corrected chi connectivity index (χ1v) is 6.27. The molecule has 1 aromatic heterocycles. The fraction of sp³-hybridized carbons (Fsp3) is 0.778. The van der Waals surface area contributed by atoms with Crippen LogP contribution in [0.5, 0.6) is 0 Å². The average molecular weight is 232 g/mol. The number of halogens is 1. The van der Waals surface area contributed by atoms with Gasteiger partial charge in [0.25, 0.3) is 0 Å². The molecule has 2 rings (SSSR count). The highest BCUT2D eigenvalue weighted by molar-refractivity contribution is 7.09. The third-order valence-electron chi connectivity index (χ3n) is 2.55. The molecule has 1 unspecified atom stereocenters. The number of hydrogen-bond donors (Lipinski definition) is 0. The van der Waals surface area contributed by atoms with E-state index in [4.69, 9.17) is 11.6 Å². The second kappa shape index (κ2) is 4.45. The van der Waals surface area contributed by atoms with Crippen molar-refractivity contribution >= 4 is 28.3 Å². The van der Waals surface area contributed by atoms with Gasteiger partial charge in [0.1, 0.15) is 5.82 Å². The van der Waals surface area contributed by atoms with Gasteiger partial charge in [-0.1, -0.05) is 6.92 Å². The lowest BCUT2D eigenvalue weighted by Gasteiger charge is -2.12. The highest BCUT2D eigenvalue weighted by Gasteiger charge is 2.23. The van der Waals surface area contributed by atoms with Gasteiger partial charge in [0.15, 0.2) is 0 Å². The molecule has 0 bridgehead atoms. The Morgan fingerprint density at radius 1 is 1.64 bits per heavy atom. The Morgan fingerprint density at radius 2 is 2.50 bits per heavy atom. The predicted molar refractivity (Wildman–Crippen MR) is 60.3 cm³/mol. The van der Waals surface area contributed by atoms with Crippen molar-refractivity contribution in [2.24, 2.45) is 5.92 Å². The molecule has 0 amide bonds. The minimum atomic E-state index is 0.630. The lowest BCUT2D eigenvalue weighted by molar-refractivity contribution is 0.667. The van der Waals surface area contributed by atoms with Gasteiger partial charge in [0.2, 0.25) is 5.13 Å². The number of anilines is 1. The monoisotopic (exact) mass is 231 g/mol. The molecule has 0 N–H and O–H groups in total. The minimum absolute atomic E-state index is 0.630. The Balaban J connectivity index is 2.02. The van der Waals surface area contributed by atoms with Gasteiger partial charge in [0, 0.05) is 36.9 Å². The number of nitrogens with zero attached hydrogens (tertiary/aromatic N) is 3. The maximum Gasteiger partial charge on any atom is 0.205 e. The molecule has 0 spiro atoms. The topological polar surface area (TPSA) is 29.0 Å². The van der Waals surface area contributed by atoms with Crippen LogP contribution >= 0.6 is 23.1 Å². The quantitative estimate of drug-likeness (QED) is 0.747. The van der Waals surface area contributed by atoms with Crippen molar-refractivity contribution in [1.29, 1.82) is 0 Å². The summed E-state index contributed by atoms with van der Waals surface area (Å²) in [5, 5.41) is 1.06. The maximum absolute atomic E-state index is 5.83. The van der Waals surface area contributed by atoms with Crippen LogP contribution in [0.15, 0.2) is 0 Å². The van der Waals surface area contributed by atoms with E-state index in [2.05, 4.69) is 21.2 Å². The summed E-state index contributed by atoms with van der Waals surface area (Å²) < 4.78 is 4.29. The highest BCUT2D eigenvalue weighted by atomic mass is 35.5. The molecule has 2 heterocycles. The van der Waals surface area contributed by atoms with Crippen LogP contribution in [-0.4, -0.2) is 28.3 Å². The molecule has 0 radical (unpaired) electrons. The van der Waals surface area contributed by atoms with Gasteiger partial charge in [-0.25, -0.2) is 4.98 Å². The van der Waals surface area contributed by atoms with E-state index in [0.717, 1.165) is 36.3 Å². The molecule has 1 aromatic rings. The average Bonchev–Trinajstić information content (AvgIpc) is 2.86. The lowest BCUT2D eigenvalue weighted by atomic mass is 10.2. The molecule has 1 aliphatic heterocycles. The molecule has 78 valence electrons. The Labute approximate surface area is 93.3 Å². The van der Waals surface area contributed by atoms with Gasteiger partial charge in [-0.3, -0.25) is 0 Å². The van der Waals surface area contributed by atoms with E-state index in [1.165, 1.54) is 18.0 Å². The third-order valence-corrected chi connectivity index (χ3v) is 3.80. The Kier molecular flexibility index (Phi) is 3.23. The fourth-order valence-electron chi connectivity index (χ4n) is 1.65. The minimum Gasteiger partial charge on any atom is -0.347 e. The molecule has 1 fully saturated rings. The summed E-state index contributed by atoms with van der Waals surface area (Å²) in [5.74, 6) is 2.35. The SMILES string of the molecule is CCc1nsc(N2CCC(CCl)C2)n1. The summed E-state index contributed by atoms with van der Waals surface area (Å²) in [6, 6.07) is 0. The first kappa shape index (κ1) is 10.2. The summed E-state index contributed by atoms with van der Waals surface area (Å²) in [5.41, 5.74) is 0. The summed E-state index contributed by atoms with van der Waals surface area (Å²) in [6.07, 6.45) is 2.10. The van der Waals surface area contributed by atoms with Gasteiger partial charge in [-0.15, -0.1) is 11.6 Å². The molecule has 0 aliphatic carbocycles. The normalized spacial score (nSPS) is 21.9. The van der Waals surface area contributed by atoms with Gasteiger partial charge in [-0.05, 0) is 12.3 Å². The van der Waals surface area contributed by atoms with Crippen LogP contribution in [0.25, 0.3) is 0 Å². The second-order valence-corrected chi connectivity index (χ2v) is 4.64. The third kappa shape index (κ3) is 2.01. The smallest absolute Gasteiger partial charge is 0.205 e. The molecule has 1 aliphatic rings. The molecule has 14 heavy (non-hydrogen) atoms. The summed E-state index contributed by atoms with van der Waals surface area (Å²) in [6.45, 7) is 4.20. The maximum atomic E-state index is 5.83. The number of aryl methyl sites for hydroxylation is 1. The van der Waals surface area contributed by atoms with E-state index >= 15 is 0 Å². The van der Waals surface area contributed by atoms with Gasteiger partial charge >= 0.3 is 0 Å². The number of alkyl halides is 1. The van der Waals surface area contributed by atoms with Crippen molar-refractivity contribution in [3.8, 4) is 0 Å². The first-order chi connectivity index (χ1) is 6.83. The van der Waals surface area contributed by atoms with E-state index in [9.17, 15) is 0 Å². The predicted octanol–water partition coefficient (Wildman–Crippen LogP) is 2.17. The standard InChI is InChI=1S/C9H14ClN3S/c1-2-8-11-9(14-12-8)13-4-3-7(5-10)6-13/h7H,2-6H2,1H3. The molecule has 0 aromatic carbocycles. The molecule has 1 atom stereocenters. The van der Waals surface area contributed by atoms with Crippen LogP contribution in [-0.2, 0) is 6.42 Å². The molecule has 5 heteroatoms. The second-order valence-electron chi connectivity index (χ2n) is 3.60. The lowest BCUT2D eigenvalue weighted by Crippen LogP contribution is -2.19. The van der Waals surface area contributed by atoms with Crippen molar-refractivity contribution in [3.63, 3.8) is 0 Å². The number of rotatable bonds is 3. The van der Waals surface area contributed by atoms with E-state index in [0.29, 0.717) is 5.92 Å². The van der Waals surface area contributed by atoms with Gasteiger partial charge in [-0.2, -0.15) is 4.37 Å². The van der Waals surface area contributed by atoms with Crippen molar-refractivity contribution in [3.05, 3.63) is 5.82 Å². The van der Waals surface area contributed by atoms with E-state index in [-0.39, 0.29) is 0 Å². The van der Waals surface area contributed by atoms with Crippen molar-refractivity contribution in [2.75, 3.05) is 23.9 Å². The largest absolute Gasteiger partial charge is 0.347 e. The van der Waals surface area contributed by atoms with Crippen LogP contribution in [0.3, 0.4) is 0 Å². The van der Waals surface area contributed by atoms with Crippen molar-refractivity contribution in [2.45, 2.75) is 19.8 Å². The molecule has 1 saturated heterocycles. The number of aromatic nitrogens is 2.